The van der Waals surface area contributed by atoms with Crippen LogP contribution in [0.4, 0.5) is 0 Å². The van der Waals surface area contributed by atoms with Gasteiger partial charge in [-0.25, -0.2) is 0 Å². The molecule has 0 N–H and O–H groups in total. The van der Waals surface area contributed by atoms with E-state index < -0.39 is 0 Å². The molecule has 0 rings (SSSR count). The smallest absolute Gasteiger partial charge is 0.308 e. The Hall–Kier alpha value is -0.790. The van der Waals surface area contributed by atoms with Crippen LogP contribution >= 0.6 is 0 Å². The first-order valence-corrected chi connectivity index (χ1v) is 5.04. The summed E-state index contributed by atoms with van der Waals surface area (Å²) in [5, 5.41) is 0. The summed E-state index contributed by atoms with van der Waals surface area (Å²) < 4.78 is 4.90. The van der Waals surface area contributed by atoms with Crippen LogP contribution in [0.1, 0.15) is 40.0 Å². The van der Waals surface area contributed by atoms with Crippen molar-refractivity contribution >= 4 is 5.97 Å². The molecule has 0 amide bonds. The normalized spacial score (nSPS) is 13.2. The lowest BCUT2D eigenvalue weighted by molar-refractivity contribution is -0.147. The number of carbonyl (C=O) groups is 1. The highest BCUT2D eigenvalue weighted by molar-refractivity contribution is 5.71. The Morgan fingerprint density at radius 1 is 1.38 bits per heavy atom. The van der Waals surface area contributed by atoms with Gasteiger partial charge in [0.15, 0.2) is 0 Å². The third kappa shape index (κ3) is 6.38. The van der Waals surface area contributed by atoms with Crippen LogP contribution in [0.2, 0.25) is 0 Å². The van der Waals surface area contributed by atoms with Crippen molar-refractivity contribution in [3.8, 4) is 0 Å². The molecule has 0 spiro atoms. The molecule has 0 saturated carbocycles. The topological polar surface area (TPSA) is 26.3 Å². The molecular weight excluding hydrogens is 164 g/mol. The molecule has 0 fully saturated rings. The van der Waals surface area contributed by atoms with Crippen LogP contribution in [0.3, 0.4) is 0 Å². The first-order valence-electron chi connectivity index (χ1n) is 5.04. The lowest BCUT2D eigenvalue weighted by atomic mass is 10.1. The van der Waals surface area contributed by atoms with Crippen LogP contribution in [0.25, 0.3) is 0 Å². The van der Waals surface area contributed by atoms with Crippen molar-refractivity contribution in [2.24, 2.45) is 5.92 Å². The summed E-state index contributed by atoms with van der Waals surface area (Å²) in [6.07, 6.45) is 7.16. The third-order valence-corrected chi connectivity index (χ3v) is 1.86. The van der Waals surface area contributed by atoms with Crippen LogP contribution in [0.5, 0.6) is 0 Å². The van der Waals surface area contributed by atoms with E-state index >= 15 is 0 Å². The summed E-state index contributed by atoms with van der Waals surface area (Å²) in [6, 6.07) is 0. The van der Waals surface area contributed by atoms with Crippen LogP contribution in [-0.4, -0.2) is 12.6 Å². The molecule has 0 aliphatic heterocycles. The Kier molecular flexibility index (Phi) is 7.36. The predicted molar refractivity (Wildman–Crippen MR) is 54.5 cm³/mol. The Balaban J connectivity index is 3.55. The van der Waals surface area contributed by atoms with Gasteiger partial charge in [-0.05, 0) is 26.2 Å². The van der Waals surface area contributed by atoms with Gasteiger partial charge < -0.3 is 4.74 Å². The second-order valence-corrected chi connectivity index (χ2v) is 3.11. The quantitative estimate of drug-likeness (QED) is 0.468. The second-order valence-electron chi connectivity index (χ2n) is 3.11. The van der Waals surface area contributed by atoms with Gasteiger partial charge in [-0.15, -0.1) is 0 Å². The molecule has 13 heavy (non-hydrogen) atoms. The molecule has 0 aromatic rings. The maximum atomic E-state index is 11.2. The van der Waals surface area contributed by atoms with Gasteiger partial charge in [0.05, 0.1) is 12.5 Å². The van der Waals surface area contributed by atoms with Crippen molar-refractivity contribution < 1.29 is 9.53 Å². The first kappa shape index (κ1) is 12.2. The summed E-state index contributed by atoms with van der Waals surface area (Å²) >= 11 is 0. The number of hydrogen-bond acceptors (Lipinski definition) is 2. The maximum absolute atomic E-state index is 11.2. The molecule has 2 heteroatoms. The van der Waals surface area contributed by atoms with E-state index in [4.69, 9.17) is 4.74 Å². The Morgan fingerprint density at radius 3 is 2.62 bits per heavy atom. The van der Waals surface area contributed by atoms with E-state index in [1.54, 1.807) is 0 Å². The molecule has 0 bridgehead atoms. The van der Waals surface area contributed by atoms with Crippen molar-refractivity contribution in [2.75, 3.05) is 6.61 Å². The molecule has 76 valence electrons. The molecular formula is C11H20O2. The molecule has 0 saturated heterocycles. The van der Waals surface area contributed by atoms with Gasteiger partial charge in [0, 0.05) is 0 Å². The minimum atomic E-state index is -0.0765. The highest BCUT2D eigenvalue weighted by atomic mass is 16.5. The minimum Gasteiger partial charge on any atom is -0.466 e. The zero-order valence-electron chi connectivity index (χ0n) is 8.88. The fourth-order valence-corrected chi connectivity index (χ4v) is 1.03. The lowest BCUT2D eigenvalue weighted by Crippen LogP contribution is -2.14. The molecule has 0 heterocycles. The Labute approximate surface area is 81.0 Å². The summed E-state index contributed by atoms with van der Waals surface area (Å²) in [5.74, 6) is -0.0474. The van der Waals surface area contributed by atoms with E-state index in [1.807, 2.05) is 13.8 Å². The van der Waals surface area contributed by atoms with E-state index in [0.29, 0.717) is 6.61 Å². The van der Waals surface area contributed by atoms with Gasteiger partial charge in [0.2, 0.25) is 0 Å². The van der Waals surface area contributed by atoms with Gasteiger partial charge >= 0.3 is 5.97 Å². The molecule has 0 radical (unpaired) electrons. The highest BCUT2D eigenvalue weighted by Gasteiger charge is 2.11. The van der Waals surface area contributed by atoms with E-state index in [-0.39, 0.29) is 11.9 Å². The first-order chi connectivity index (χ1) is 6.22. The highest BCUT2D eigenvalue weighted by Crippen LogP contribution is 2.08. The number of esters is 1. The Morgan fingerprint density at radius 2 is 2.08 bits per heavy atom. The average molecular weight is 184 g/mol. The van der Waals surface area contributed by atoms with Gasteiger partial charge in [-0.3, -0.25) is 4.79 Å². The van der Waals surface area contributed by atoms with Gasteiger partial charge in [-0.1, -0.05) is 26.0 Å². The number of allylic oxidation sites excluding steroid dienone is 2. The molecule has 0 aromatic carbocycles. The third-order valence-electron chi connectivity index (χ3n) is 1.86. The van der Waals surface area contributed by atoms with Crippen molar-refractivity contribution in [3.63, 3.8) is 0 Å². The van der Waals surface area contributed by atoms with Gasteiger partial charge in [-0.2, -0.15) is 0 Å². The van der Waals surface area contributed by atoms with Crippen molar-refractivity contribution in [3.05, 3.63) is 12.2 Å². The maximum Gasteiger partial charge on any atom is 0.308 e. The summed E-state index contributed by atoms with van der Waals surface area (Å²) in [7, 11) is 0. The average Bonchev–Trinajstić information content (AvgIpc) is 2.12. The molecule has 0 aromatic heterocycles. The number of hydrogen-bond donors (Lipinski definition) is 0. The van der Waals surface area contributed by atoms with Crippen molar-refractivity contribution in [1.82, 2.24) is 0 Å². The van der Waals surface area contributed by atoms with Gasteiger partial charge in [0.25, 0.3) is 0 Å². The van der Waals surface area contributed by atoms with Crippen LogP contribution in [-0.2, 0) is 9.53 Å². The lowest BCUT2D eigenvalue weighted by Gasteiger charge is -2.08. The number of carbonyl (C=O) groups excluding carboxylic acids is 1. The second kappa shape index (κ2) is 7.84. The monoisotopic (exact) mass is 184 g/mol. The van der Waals surface area contributed by atoms with Crippen molar-refractivity contribution in [2.45, 2.75) is 40.0 Å². The molecule has 0 aliphatic carbocycles. The number of ether oxygens (including phenoxy) is 1. The van der Waals surface area contributed by atoms with Crippen LogP contribution in [0.15, 0.2) is 12.2 Å². The molecule has 2 nitrogen and oxygen atoms in total. The SMILES string of the molecule is CC/C=C\CCC(C)C(=O)OCC. The largest absolute Gasteiger partial charge is 0.466 e. The Bertz CT molecular complexity index is 161. The van der Waals surface area contributed by atoms with E-state index in [0.717, 1.165) is 19.3 Å². The molecule has 1 unspecified atom stereocenters. The standard InChI is InChI=1S/C11H20O2/c1-4-6-7-8-9-10(3)11(12)13-5-2/h6-7,10H,4-5,8-9H2,1-3H3/b7-6-. The molecule has 0 aliphatic rings. The summed E-state index contributed by atoms with van der Waals surface area (Å²) in [4.78, 5) is 11.2. The van der Waals surface area contributed by atoms with Crippen LogP contribution < -0.4 is 0 Å². The zero-order valence-corrected chi connectivity index (χ0v) is 8.88. The zero-order chi connectivity index (χ0) is 10.1. The van der Waals surface area contributed by atoms with E-state index in [2.05, 4.69) is 19.1 Å². The number of rotatable bonds is 6. The summed E-state index contributed by atoms with van der Waals surface area (Å²) in [5.41, 5.74) is 0. The predicted octanol–water partition coefficient (Wildman–Crippen LogP) is 2.93. The van der Waals surface area contributed by atoms with E-state index in [1.165, 1.54) is 0 Å². The van der Waals surface area contributed by atoms with E-state index in [9.17, 15) is 4.79 Å². The van der Waals surface area contributed by atoms with Gasteiger partial charge in [0.1, 0.15) is 0 Å². The minimum absolute atomic E-state index is 0.0291. The summed E-state index contributed by atoms with van der Waals surface area (Å²) in [6.45, 7) is 6.33. The fourth-order valence-electron chi connectivity index (χ4n) is 1.03. The fraction of sp³-hybridized carbons (Fsp3) is 0.727. The molecule has 1 atom stereocenters. The van der Waals surface area contributed by atoms with Crippen molar-refractivity contribution in [1.29, 1.82) is 0 Å². The van der Waals surface area contributed by atoms with Crippen LogP contribution in [0, 0.1) is 5.92 Å².